The van der Waals surface area contributed by atoms with Crippen molar-refractivity contribution in [3.05, 3.63) is 48.6 Å². The lowest BCUT2D eigenvalue weighted by Gasteiger charge is -2.42. The van der Waals surface area contributed by atoms with E-state index in [2.05, 4.69) is 6.58 Å². The standard InChI is InChI=1S/C19H22F2N2O2/c1-2-17(24)22-10-8-19(9-11-22,14-6-4-3-5-7-14)18(25)23-12-15(20)16(21)13-23/h2-7,15-16H,1,8-13H2/t15-,16+. The maximum atomic E-state index is 13.6. The molecular weight excluding hydrogens is 326 g/mol. The van der Waals surface area contributed by atoms with Crippen molar-refractivity contribution in [2.75, 3.05) is 26.2 Å². The van der Waals surface area contributed by atoms with E-state index in [1.807, 2.05) is 30.3 Å². The van der Waals surface area contributed by atoms with Crippen molar-refractivity contribution < 1.29 is 18.4 Å². The predicted molar refractivity (Wildman–Crippen MR) is 90.5 cm³/mol. The first-order valence-corrected chi connectivity index (χ1v) is 8.52. The molecule has 0 unspecified atom stereocenters. The van der Waals surface area contributed by atoms with E-state index in [1.54, 1.807) is 4.90 Å². The molecule has 134 valence electrons. The molecule has 4 nitrogen and oxygen atoms in total. The second-order valence-electron chi connectivity index (χ2n) is 6.72. The number of likely N-dealkylation sites (tertiary alicyclic amines) is 2. The molecule has 2 heterocycles. The molecule has 6 heteroatoms. The van der Waals surface area contributed by atoms with Gasteiger partial charge in [-0.05, 0) is 24.5 Å². The smallest absolute Gasteiger partial charge is 0.245 e. The monoisotopic (exact) mass is 348 g/mol. The highest BCUT2D eigenvalue weighted by molar-refractivity contribution is 5.90. The zero-order valence-electron chi connectivity index (χ0n) is 14.0. The quantitative estimate of drug-likeness (QED) is 0.786. The van der Waals surface area contributed by atoms with Crippen LogP contribution in [0.4, 0.5) is 8.78 Å². The molecule has 0 N–H and O–H groups in total. The van der Waals surface area contributed by atoms with Crippen LogP contribution in [-0.2, 0) is 15.0 Å². The van der Waals surface area contributed by atoms with Crippen molar-refractivity contribution >= 4 is 11.8 Å². The van der Waals surface area contributed by atoms with Crippen LogP contribution >= 0.6 is 0 Å². The average molecular weight is 348 g/mol. The molecule has 0 bridgehead atoms. The maximum absolute atomic E-state index is 13.6. The molecule has 3 rings (SSSR count). The van der Waals surface area contributed by atoms with Crippen LogP contribution in [0.15, 0.2) is 43.0 Å². The van der Waals surface area contributed by atoms with Crippen molar-refractivity contribution in [3.8, 4) is 0 Å². The number of piperidine rings is 1. The molecule has 2 atom stereocenters. The van der Waals surface area contributed by atoms with Crippen LogP contribution in [0.1, 0.15) is 18.4 Å². The summed E-state index contributed by atoms with van der Waals surface area (Å²) in [5.74, 6) is -0.407. The number of halogens is 2. The van der Waals surface area contributed by atoms with Gasteiger partial charge in [-0.3, -0.25) is 9.59 Å². The van der Waals surface area contributed by atoms with E-state index in [1.165, 1.54) is 11.0 Å². The Bertz CT molecular complexity index is 647. The third kappa shape index (κ3) is 3.17. The van der Waals surface area contributed by atoms with E-state index in [0.29, 0.717) is 25.9 Å². The maximum Gasteiger partial charge on any atom is 0.245 e. The van der Waals surface area contributed by atoms with Gasteiger partial charge in [-0.2, -0.15) is 0 Å². The minimum absolute atomic E-state index is 0.164. The summed E-state index contributed by atoms with van der Waals surface area (Å²) in [6.45, 7) is 3.91. The number of amides is 2. The minimum Gasteiger partial charge on any atom is -0.339 e. The summed E-state index contributed by atoms with van der Waals surface area (Å²) in [5.41, 5.74) is -0.00776. The van der Waals surface area contributed by atoms with E-state index < -0.39 is 17.8 Å². The largest absolute Gasteiger partial charge is 0.339 e. The van der Waals surface area contributed by atoms with Crippen molar-refractivity contribution in [2.24, 2.45) is 0 Å². The molecule has 25 heavy (non-hydrogen) atoms. The number of rotatable bonds is 3. The molecule has 0 radical (unpaired) electrons. The fourth-order valence-electron chi connectivity index (χ4n) is 3.81. The first-order chi connectivity index (χ1) is 12.0. The molecule has 0 spiro atoms. The Morgan fingerprint density at radius 3 is 2.12 bits per heavy atom. The molecule has 0 aliphatic carbocycles. The van der Waals surface area contributed by atoms with E-state index in [9.17, 15) is 18.4 Å². The third-order valence-corrected chi connectivity index (χ3v) is 5.31. The van der Waals surface area contributed by atoms with E-state index in [-0.39, 0.29) is 24.9 Å². The van der Waals surface area contributed by atoms with Gasteiger partial charge in [0.15, 0.2) is 12.3 Å². The van der Waals surface area contributed by atoms with Crippen molar-refractivity contribution in [2.45, 2.75) is 30.6 Å². The molecule has 2 aliphatic heterocycles. The van der Waals surface area contributed by atoms with Crippen molar-refractivity contribution in [3.63, 3.8) is 0 Å². The van der Waals surface area contributed by atoms with Crippen LogP contribution in [0.2, 0.25) is 0 Å². The number of nitrogens with zero attached hydrogens (tertiary/aromatic N) is 2. The van der Waals surface area contributed by atoms with Crippen LogP contribution < -0.4 is 0 Å². The number of alkyl halides is 2. The van der Waals surface area contributed by atoms with Gasteiger partial charge in [-0.25, -0.2) is 8.78 Å². The van der Waals surface area contributed by atoms with Gasteiger partial charge in [0.25, 0.3) is 0 Å². The molecule has 1 aromatic rings. The summed E-state index contributed by atoms with van der Waals surface area (Å²) in [6.07, 6.45) is -1.13. The summed E-state index contributed by atoms with van der Waals surface area (Å²) >= 11 is 0. The molecular formula is C19H22F2N2O2. The molecule has 2 saturated heterocycles. The lowest BCUT2D eigenvalue weighted by molar-refractivity contribution is -0.141. The lowest BCUT2D eigenvalue weighted by Crippen LogP contribution is -2.53. The Balaban J connectivity index is 1.88. The average Bonchev–Trinajstić information content (AvgIpc) is 3.00. The highest BCUT2D eigenvalue weighted by Gasteiger charge is 2.48. The number of hydrogen-bond acceptors (Lipinski definition) is 2. The fourth-order valence-corrected chi connectivity index (χ4v) is 3.81. The first kappa shape index (κ1) is 17.6. The van der Waals surface area contributed by atoms with Gasteiger partial charge in [0, 0.05) is 13.1 Å². The fraction of sp³-hybridized carbons (Fsp3) is 0.474. The Morgan fingerprint density at radius 1 is 1.04 bits per heavy atom. The van der Waals surface area contributed by atoms with Crippen molar-refractivity contribution in [1.29, 1.82) is 0 Å². The summed E-state index contributed by atoms with van der Waals surface area (Å²) in [7, 11) is 0. The summed E-state index contributed by atoms with van der Waals surface area (Å²) in [6, 6.07) is 9.32. The highest BCUT2D eigenvalue weighted by Crippen LogP contribution is 2.38. The van der Waals surface area contributed by atoms with Crippen LogP contribution in [-0.4, -0.2) is 60.1 Å². The van der Waals surface area contributed by atoms with Crippen molar-refractivity contribution in [1.82, 2.24) is 9.80 Å². The number of carbonyl (C=O) groups is 2. The Morgan fingerprint density at radius 2 is 1.60 bits per heavy atom. The summed E-state index contributed by atoms with van der Waals surface area (Å²) < 4.78 is 27.2. The Labute approximate surface area is 146 Å². The van der Waals surface area contributed by atoms with Gasteiger partial charge >= 0.3 is 0 Å². The lowest BCUT2D eigenvalue weighted by atomic mass is 9.71. The first-order valence-electron chi connectivity index (χ1n) is 8.52. The van der Waals surface area contributed by atoms with Crippen LogP contribution in [0, 0.1) is 0 Å². The second kappa shape index (κ2) is 6.94. The van der Waals surface area contributed by atoms with Gasteiger partial charge in [-0.1, -0.05) is 36.9 Å². The zero-order chi connectivity index (χ0) is 18.0. The van der Waals surface area contributed by atoms with Gasteiger partial charge in [0.1, 0.15) is 0 Å². The van der Waals surface area contributed by atoms with Gasteiger partial charge in [0.2, 0.25) is 11.8 Å². The van der Waals surface area contributed by atoms with Crippen LogP contribution in [0.25, 0.3) is 0 Å². The number of benzene rings is 1. The SMILES string of the molecule is C=CC(=O)N1CCC(C(=O)N2C[C@@H](F)[C@@H](F)C2)(c2ccccc2)CC1. The zero-order valence-corrected chi connectivity index (χ0v) is 14.0. The summed E-state index contributed by atoms with van der Waals surface area (Å²) in [4.78, 5) is 28.0. The Kier molecular flexibility index (Phi) is 4.88. The molecule has 1 aromatic carbocycles. The van der Waals surface area contributed by atoms with Gasteiger partial charge < -0.3 is 9.80 Å². The van der Waals surface area contributed by atoms with E-state index in [4.69, 9.17) is 0 Å². The molecule has 2 amide bonds. The normalized spacial score (nSPS) is 25.7. The number of carbonyl (C=O) groups excluding carboxylic acids is 2. The summed E-state index contributed by atoms with van der Waals surface area (Å²) in [5, 5.41) is 0. The Hall–Kier alpha value is -2.24. The third-order valence-electron chi connectivity index (χ3n) is 5.31. The molecule has 0 saturated carbocycles. The van der Waals surface area contributed by atoms with Gasteiger partial charge in [-0.15, -0.1) is 0 Å². The number of hydrogen-bond donors (Lipinski definition) is 0. The highest BCUT2D eigenvalue weighted by atomic mass is 19.2. The van der Waals surface area contributed by atoms with Crippen LogP contribution in [0.3, 0.4) is 0 Å². The minimum atomic E-state index is -1.63. The van der Waals surface area contributed by atoms with E-state index >= 15 is 0 Å². The molecule has 2 fully saturated rings. The molecule has 2 aliphatic rings. The van der Waals surface area contributed by atoms with Crippen LogP contribution in [0.5, 0.6) is 0 Å². The van der Waals surface area contributed by atoms with Gasteiger partial charge in [0.05, 0.1) is 18.5 Å². The second-order valence-corrected chi connectivity index (χ2v) is 6.72. The predicted octanol–water partition coefficient (Wildman–Crippen LogP) is 2.25. The molecule has 0 aromatic heterocycles. The topological polar surface area (TPSA) is 40.6 Å². The van der Waals surface area contributed by atoms with E-state index in [0.717, 1.165) is 5.56 Å².